The molecule has 0 heterocycles. The molecule has 27 heavy (non-hydrogen) atoms. The minimum atomic E-state index is -0.0950. The van der Waals surface area contributed by atoms with Gasteiger partial charge in [-0.3, -0.25) is 4.79 Å². The molecule has 1 aliphatic carbocycles. The largest absolute Gasteiger partial charge is 0.461 e. The lowest BCUT2D eigenvalue weighted by atomic mass is 9.88. The van der Waals surface area contributed by atoms with Crippen LogP contribution in [0.1, 0.15) is 101 Å². The minimum absolute atomic E-state index is 0.0950. The quantitative estimate of drug-likeness (QED) is 0.295. The fraction of sp³-hybridized carbons (Fsp3) is 0.720. The Morgan fingerprint density at radius 3 is 2.33 bits per heavy atom. The lowest BCUT2D eigenvalue weighted by molar-refractivity contribution is -0.135. The Morgan fingerprint density at radius 1 is 1.00 bits per heavy atom. The summed E-state index contributed by atoms with van der Waals surface area (Å²) in [5.74, 6) is 0. The molecule has 1 fully saturated rings. The summed E-state index contributed by atoms with van der Waals surface area (Å²) in [6.45, 7) is 12.2. The monoisotopic (exact) mass is 372 g/mol. The summed E-state index contributed by atoms with van der Waals surface area (Å²) in [7, 11) is 0. The van der Waals surface area contributed by atoms with Crippen LogP contribution in [0, 0.1) is 19.3 Å². The van der Waals surface area contributed by atoms with Crippen LogP contribution < -0.4 is 0 Å². The Bertz CT molecular complexity index is 605. The number of hydrogen-bond donors (Lipinski definition) is 0. The van der Waals surface area contributed by atoms with E-state index in [9.17, 15) is 4.79 Å². The second-order valence-electron chi connectivity index (χ2n) is 9.87. The van der Waals surface area contributed by atoms with E-state index in [0.29, 0.717) is 11.9 Å². The first-order chi connectivity index (χ1) is 12.8. The van der Waals surface area contributed by atoms with Crippen molar-refractivity contribution in [3.05, 3.63) is 34.4 Å². The highest BCUT2D eigenvalue weighted by Crippen LogP contribution is 2.43. The summed E-state index contributed by atoms with van der Waals surface area (Å²) in [5.41, 5.74) is 6.40. The van der Waals surface area contributed by atoms with Crippen molar-refractivity contribution in [2.24, 2.45) is 5.41 Å². The van der Waals surface area contributed by atoms with Crippen LogP contribution in [0.25, 0.3) is 0 Å². The number of hydrogen-bond acceptors (Lipinski definition) is 2. The van der Waals surface area contributed by atoms with Crippen molar-refractivity contribution in [1.82, 2.24) is 0 Å². The van der Waals surface area contributed by atoms with E-state index in [1.165, 1.54) is 55.2 Å². The fourth-order valence-corrected chi connectivity index (χ4v) is 4.16. The van der Waals surface area contributed by atoms with Gasteiger partial charge in [0.2, 0.25) is 0 Å². The highest BCUT2D eigenvalue weighted by Gasteiger charge is 2.44. The average Bonchev–Trinajstić information content (AvgIpc) is 3.35. The molecule has 1 aliphatic rings. The number of rotatable bonds is 12. The van der Waals surface area contributed by atoms with Crippen molar-refractivity contribution < 1.29 is 9.53 Å². The summed E-state index contributed by atoms with van der Waals surface area (Å²) in [6, 6.07) is 4.63. The van der Waals surface area contributed by atoms with Gasteiger partial charge in [-0.2, -0.15) is 0 Å². The Labute approximate surface area is 167 Å². The van der Waals surface area contributed by atoms with Crippen LogP contribution >= 0.6 is 0 Å². The first-order valence-corrected chi connectivity index (χ1v) is 11.0. The highest BCUT2D eigenvalue weighted by molar-refractivity contribution is 5.40. The van der Waals surface area contributed by atoms with Crippen LogP contribution in [0.2, 0.25) is 0 Å². The molecule has 0 N–H and O–H groups in total. The van der Waals surface area contributed by atoms with Crippen LogP contribution in [-0.4, -0.2) is 12.1 Å². The van der Waals surface area contributed by atoms with Gasteiger partial charge in [-0.05, 0) is 99.3 Å². The van der Waals surface area contributed by atoms with Gasteiger partial charge in [0.1, 0.15) is 5.60 Å². The normalized spacial score (nSPS) is 15.6. The molecule has 2 nitrogen and oxygen atoms in total. The average molecular weight is 373 g/mol. The Hall–Kier alpha value is -1.31. The molecule has 0 spiro atoms. The Balaban J connectivity index is 1.78. The zero-order valence-corrected chi connectivity index (χ0v) is 18.3. The molecule has 1 aromatic rings. The van der Waals surface area contributed by atoms with Gasteiger partial charge in [0.15, 0.2) is 0 Å². The summed E-state index contributed by atoms with van der Waals surface area (Å²) in [4.78, 5) is 10.6. The lowest BCUT2D eigenvalue weighted by Gasteiger charge is -2.18. The maximum absolute atomic E-state index is 10.6. The van der Waals surface area contributed by atoms with Crippen LogP contribution in [0.15, 0.2) is 12.1 Å². The van der Waals surface area contributed by atoms with Gasteiger partial charge < -0.3 is 4.74 Å². The van der Waals surface area contributed by atoms with E-state index < -0.39 is 0 Å². The molecule has 2 heteroatoms. The zero-order chi connectivity index (χ0) is 19.9. The molecular formula is C25H40O2. The molecule has 0 unspecified atom stereocenters. The van der Waals surface area contributed by atoms with Gasteiger partial charge in [-0.15, -0.1) is 0 Å². The van der Waals surface area contributed by atoms with E-state index >= 15 is 0 Å². The highest BCUT2D eigenvalue weighted by atomic mass is 16.5. The van der Waals surface area contributed by atoms with Crippen LogP contribution in [-0.2, 0) is 22.4 Å². The number of benzene rings is 1. The first kappa shape index (κ1) is 22.0. The van der Waals surface area contributed by atoms with Crippen molar-refractivity contribution in [2.75, 3.05) is 0 Å². The molecule has 0 amide bonds. The molecule has 152 valence electrons. The lowest BCUT2D eigenvalue weighted by Crippen LogP contribution is -2.12. The number of ether oxygens (including phenoxy) is 1. The second kappa shape index (κ2) is 9.75. The molecule has 0 aromatic heterocycles. The van der Waals surface area contributed by atoms with Gasteiger partial charge in [0, 0.05) is 0 Å². The van der Waals surface area contributed by atoms with E-state index in [1.807, 2.05) is 0 Å². The smallest absolute Gasteiger partial charge is 0.293 e. The maximum Gasteiger partial charge on any atom is 0.293 e. The van der Waals surface area contributed by atoms with Crippen LogP contribution in [0.5, 0.6) is 0 Å². The van der Waals surface area contributed by atoms with Gasteiger partial charge in [0.25, 0.3) is 6.47 Å². The minimum Gasteiger partial charge on any atom is -0.461 e. The second-order valence-corrected chi connectivity index (χ2v) is 9.87. The van der Waals surface area contributed by atoms with Gasteiger partial charge >= 0.3 is 0 Å². The van der Waals surface area contributed by atoms with Crippen molar-refractivity contribution in [1.29, 1.82) is 0 Å². The molecular weight excluding hydrogens is 332 g/mol. The van der Waals surface area contributed by atoms with E-state index in [4.69, 9.17) is 4.74 Å². The van der Waals surface area contributed by atoms with Crippen molar-refractivity contribution in [3.63, 3.8) is 0 Å². The molecule has 2 rings (SSSR count). The van der Waals surface area contributed by atoms with Crippen molar-refractivity contribution in [3.8, 4) is 0 Å². The number of unbranched alkanes of at least 4 members (excludes halogenated alkanes) is 3. The predicted molar refractivity (Wildman–Crippen MR) is 114 cm³/mol. The predicted octanol–water partition coefficient (Wildman–Crippen LogP) is 6.87. The number of carbonyl (C=O) groups excluding carboxylic acids is 1. The summed E-state index contributed by atoms with van der Waals surface area (Å²) in [6.07, 6.45) is 13.1. The van der Waals surface area contributed by atoms with Crippen LogP contribution in [0.4, 0.5) is 0 Å². The van der Waals surface area contributed by atoms with Gasteiger partial charge in [-0.1, -0.05) is 45.7 Å². The number of carbonyl (C=O) groups is 1. The maximum atomic E-state index is 10.6. The van der Waals surface area contributed by atoms with Gasteiger partial charge in [-0.25, -0.2) is 0 Å². The summed E-state index contributed by atoms with van der Waals surface area (Å²) >= 11 is 0. The molecule has 1 aromatic carbocycles. The zero-order valence-electron chi connectivity index (χ0n) is 18.3. The molecule has 0 saturated heterocycles. The van der Waals surface area contributed by atoms with E-state index in [0.717, 1.165) is 32.1 Å². The summed E-state index contributed by atoms with van der Waals surface area (Å²) < 4.78 is 5.26. The van der Waals surface area contributed by atoms with E-state index in [2.05, 4.69) is 46.8 Å². The molecule has 1 saturated carbocycles. The van der Waals surface area contributed by atoms with Gasteiger partial charge in [0.05, 0.1) is 0 Å². The van der Waals surface area contributed by atoms with Crippen molar-refractivity contribution >= 4 is 6.47 Å². The summed E-state index contributed by atoms with van der Waals surface area (Å²) in [5, 5.41) is 0. The Morgan fingerprint density at radius 2 is 1.70 bits per heavy atom. The molecule has 0 aliphatic heterocycles. The SMILES string of the molecule is Cc1ccc(CCCCC2(OC=O)CC2)c(C)c1CCCCCC(C)(C)C. The van der Waals surface area contributed by atoms with E-state index in [1.54, 1.807) is 5.56 Å². The van der Waals surface area contributed by atoms with E-state index in [-0.39, 0.29) is 5.60 Å². The molecule has 0 radical (unpaired) electrons. The fourth-order valence-electron chi connectivity index (χ4n) is 4.16. The Kier molecular flexibility index (Phi) is 7.94. The third-order valence-corrected chi connectivity index (χ3v) is 6.23. The number of aryl methyl sites for hydroxylation is 2. The molecule has 0 atom stereocenters. The first-order valence-electron chi connectivity index (χ1n) is 11.0. The topological polar surface area (TPSA) is 26.3 Å². The van der Waals surface area contributed by atoms with Crippen molar-refractivity contribution in [2.45, 2.75) is 111 Å². The third kappa shape index (κ3) is 7.31. The molecule has 0 bridgehead atoms. The third-order valence-electron chi connectivity index (χ3n) is 6.23. The standard InChI is InChI=1S/C25H40O2/c1-20-13-14-22(11-8-10-16-25(17-18-25)27-19-26)21(2)23(20)12-7-6-9-15-24(3,4)5/h13-14,19H,6-12,15-18H2,1-5H3. The van der Waals surface area contributed by atoms with Crippen LogP contribution in [0.3, 0.4) is 0 Å².